The highest BCUT2D eigenvalue weighted by molar-refractivity contribution is 6.08. The summed E-state index contributed by atoms with van der Waals surface area (Å²) >= 11 is 0. The molecule has 0 radical (unpaired) electrons. The quantitative estimate of drug-likeness (QED) is 0.370. The molecular formula is C24H25F3N8O. The number of nitrogens with zero attached hydrogens (tertiary/aromatic N) is 4. The van der Waals surface area contributed by atoms with Gasteiger partial charge in [-0.3, -0.25) is 4.79 Å². The van der Waals surface area contributed by atoms with Crippen LogP contribution in [-0.2, 0) is 20.0 Å². The number of benzene rings is 1. The summed E-state index contributed by atoms with van der Waals surface area (Å²) in [6.07, 6.45) is 0.331. The standard InChI is InChI=1S/C24H25F3N8O/c1-34-19(22(36)31-14-24(25,26)27)10-16-7-9-35(13-20(16)34)23-30-8-6-21(33-23)32-18-4-2-15(3-5-18)17(11-28)12-29/h2-6,8,10-12,28H,7,9,13-14,29H2,1H3,(H,31,36)(H,30,32,33)/b17-12+,28-11?. The highest BCUT2D eigenvalue weighted by Gasteiger charge is 2.30. The van der Waals surface area contributed by atoms with Gasteiger partial charge in [0.1, 0.15) is 18.1 Å². The maximum Gasteiger partial charge on any atom is 0.405 e. The molecule has 36 heavy (non-hydrogen) atoms. The van der Waals surface area contributed by atoms with E-state index in [9.17, 15) is 18.0 Å². The highest BCUT2D eigenvalue weighted by atomic mass is 19.4. The van der Waals surface area contributed by atoms with E-state index in [1.165, 1.54) is 12.4 Å². The molecule has 0 aliphatic carbocycles. The molecule has 4 rings (SSSR count). The number of nitrogens with two attached hydrogens (primary N) is 1. The Kier molecular flexibility index (Phi) is 6.95. The van der Waals surface area contributed by atoms with Gasteiger partial charge in [-0.25, -0.2) is 4.98 Å². The van der Waals surface area contributed by atoms with E-state index in [4.69, 9.17) is 11.1 Å². The van der Waals surface area contributed by atoms with Crippen LogP contribution in [0.15, 0.2) is 48.8 Å². The molecule has 2 aromatic heterocycles. The van der Waals surface area contributed by atoms with Crippen LogP contribution in [0.3, 0.4) is 0 Å². The van der Waals surface area contributed by atoms with Crippen molar-refractivity contribution >= 4 is 35.1 Å². The fourth-order valence-corrected chi connectivity index (χ4v) is 4.00. The molecule has 5 N–H and O–H groups in total. The second-order valence-corrected chi connectivity index (χ2v) is 8.24. The molecule has 9 nitrogen and oxygen atoms in total. The lowest BCUT2D eigenvalue weighted by Crippen LogP contribution is -2.35. The zero-order valence-corrected chi connectivity index (χ0v) is 19.4. The molecular weight excluding hydrogens is 473 g/mol. The number of alkyl halides is 3. The van der Waals surface area contributed by atoms with Crippen LogP contribution in [0.5, 0.6) is 0 Å². The fraction of sp³-hybridized carbons (Fsp3) is 0.250. The maximum absolute atomic E-state index is 12.5. The van der Waals surface area contributed by atoms with Gasteiger partial charge in [-0.15, -0.1) is 0 Å². The molecule has 1 aromatic carbocycles. The Morgan fingerprint density at radius 1 is 1.25 bits per heavy atom. The first kappa shape index (κ1) is 24.8. The van der Waals surface area contributed by atoms with Crippen molar-refractivity contribution in [2.75, 3.05) is 23.3 Å². The number of carbonyl (C=O) groups excluding carboxylic acids is 1. The fourth-order valence-electron chi connectivity index (χ4n) is 4.00. The monoisotopic (exact) mass is 498 g/mol. The van der Waals surface area contributed by atoms with Crippen molar-refractivity contribution in [1.29, 1.82) is 5.41 Å². The van der Waals surface area contributed by atoms with Gasteiger partial charge < -0.3 is 31.2 Å². The van der Waals surface area contributed by atoms with Gasteiger partial charge in [0.05, 0.1) is 6.54 Å². The van der Waals surface area contributed by atoms with E-state index in [0.717, 1.165) is 22.5 Å². The number of aromatic nitrogens is 3. The van der Waals surface area contributed by atoms with Gasteiger partial charge in [-0.2, -0.15) is 18.2 Å². The van der Waals surface area contributed by atoms with E-state index < -0.39 is 18.6 Å². The second-order valence-electron chi connectivity index (χ2n) is 8.24. The summed E-state index contributed by atoms with van der Waals surface area (Å²) in [5.74, 6) is 0.307. The number of amides is 1. The molecule has 0 bridgehead atoms. The maximum atomic E-state index is 12.5. The molecule has 0 unspecified atom stereocenters. The Hall–Kier alpha value is -4.35. The topological polar surface area (TPSA) is 125 Å². The van der Waals surface area contributed by atoms with Crippen LogP contribution < -0.4 is 21.3 Å². The number of nitrogens with one attached hydrogen (secondary N) is 3. The third-order valence-electron chi connectivity index (χ3n) is 5.87. The molecule has 0 atom stereocenters. The Labute approximate surface area is 205 Å². The Bertz CT molecular complexity index is 1300. The third kappa shape index (κ3) is 5.48. The van der Waals surface area contributed by atoms with Crippen LogP contribution in [0.1, 0.15) is 27.3 Å². The van der Waals surface area contributed by atoms with Gasteiger partial charge in [-0.1, -0.05) is 12.1 Å². The lowest BCUT2D eigenvalue weighted by Gasteiger charge is -2.28. The van der Waals surface area contributed by atoms with E-state index in [2.05, 4.69) is 15.3 Å². The Morgan fingerprint density at radius 3 is 2.67 bits per heavy atom. The van der Waals surface area contributed by atoms with E-state index in [1.54, 1.807) is 29.9 Å². The second kappa shape index (κ2) is 10.1. The number of fused-ring (bicyclic) bond motifs is 1. The van der Waals surface area contributed by atoms with Crippen LogP contribution in [0, 0.1) is 5.41 Å². The molecule has 3 aromatic rings. The first-order chi connectivity index (χ1) is 17.2. The largest absolute Gasteiger partial charge is 0.405 e. The molecule has 0 spiro atoms. The SMILES string of the molecule is Cn1c(C(=O)NCC(F)(F)F)cc2c1CN(c1nccc(Nc3ccc(/C(C=N)=C/N)cc3)n1)CC2. The molecule has 0 saturated heterocycles. The van der Waals surface area contributed by atoms with Gasteiger partial charge in [-0.05, 0) is 41.8 Å². The van der Waals surface area contributed by atoms with Crippen molar-refractivity contribution in [3.05, 3.63) is 71.3 Å². The molecule has 188 valence electrons. The van der Waals surface area contributed by atoms with Crippen LogP contribution in [0.25, 0.3) is 5.57 Å². The third-order valence-corrected chi connectivity index (χ3v) is 5.87. The van der Waals surface area contributed by atoms with Crippen LogP contribution >= 0.6 is 0 Å². The average molecular weight is 499 g/mol. The van der Waals surface area contributed by atoms with Crippen molar-refractivity contribution in [1.82, 2.24) is 19.9 Å². The highest BCUT2D eigenvalue weighted by Crippen LogP contribution is 2.26. The molecule has 1 amide bonds. The summed E-state index contributed by atoms with van der Waals surface area (Å²) in [6.45, 7) is -0.372. The first-order valence-corrected chi connectivity index (χ1v) is 11.1. The lowest BCUT2D eigenvalue weighted by atomic mass is 10.1. The zero-order chi connectivity index (χ0) is 25.9. The van der Waals surface area contributed by atoms with E-state index >= 15 is 0 Å². The minimum absolute atomic E-state index is 0.182. The number of allylic oxidation sites excluding steroid dienone is 1. The molecule has 12 heteroatoms. The van der Waals surface area contributed by atoms with Gasteiger partial charge in [0.15, 0.2) is 0 Å². The predicted molar refractivity (Wildman–Crippen MR) is 131 cm³/mol. The summed E-state index contributed by atoms with van der Waals surface area (Å²) in [5, 5.41) is 12.6. The average Bonchev–Trinajstić information content (AvgIpc) is 3.20. The van der Waals surface area contributed by atoms with E-state index in [0.29, 0.717) is 36.8 Å². The Morgan fingerprint density at radius 2 is 2.00 bits per heavy atom. The van der Waals surface area contributed by atoms with Crippen molar-refractivity contribution in [2.45, 2.75) is 19.1 Å². The summed E-state index contributed by atoms with van der Waals surface area (Å²) in [5.41, 5.74) is 9.68. The number of rotatable bonds is 7. The van der Waals surface area contributed by atoms with E-state index in [1.807, 2.05) is 34.5 Å². The number of hydrogen-bond donors (Lipinski definition) is 4. The zero-order valence-electron chi connectivity index (χ0n) is 19.4. The van der Waals surface area contributed by atoms with Gasteiger partial charge in [0.25, 0.3) is 5.91 Å². The van der Waals surface area contributed by atoms with Crippen molar-refractivity contribution in [3.8, 4) is 0 Å². The molecule has 1 aliphatic rings. The number of anilines is 3. The number of hydrogen-bond acceptors (Lipinski definition) is 7. The van der Waals surface area contributed by atoms with Crippen LogP contribution in [-0.4, -0.2) is 45.9 Å². The summed E-state index contributed by atoms with van der Waals surface area (Å²) in [7, 11) is 1.66. The lowest BCUT2D eigenvalue weighted by molar-refractivity contribution is -0.123. The predicted octanol–water partition coefficient (Wildman–Crippen LogP) is 3.36. The molecule has 0 saturated carbocycles. The molecule has 1 aliphatic heterocycles. The van der Waals surface area contributed by atoms with Crippen LogP contribution in [0.4, 0.5) is 30.6 Å². The van der Waals surface area contributed by atoms with Gasteiger partial charge in [0, 0.05) is 49.2 Å². The summed E-state index contributed by atoms with van der Waals surface area (Å²) < 4.78 is 39.1. The van der Waals surface area contributed by atoms with Crippen molar-refractivity contribution in [2.24, 2.45) is 12.8 Å². The van der Waals surface area contributed by atoms with Crippen molar-refractivity contribution < 1.29 is 18.0 Å². The molecule has 0 fully saturated rings. The van der Waals surface area contributed by atoms with Crippen molar-refractivity contribution in [3.63, 3.8) is 0 Å². The normalized spacial score (nSPS) is 13.8. The van der Waals surface area contributed by atoms with Gasteiger partial charge in [0.2, 0.25) is 5.95 Å². The van der Waals surface area contributed by atoms with E-state index in [-0.39, 0.29) is 5.69 Å². The summed E-state index contributed by atoms with van der Waals surface area (Å²) in [4.78, 5) is 23.2. The molecule has 3 heterocycles. The minimum Gasteiger partial charge on any atom is -0.404 e. The Balaban J connectivity index is 1.47. The number of carbonyl (C=O) groups is 1. The first-order valence-electron chi connectivity index (χ1n) is 11.1. The number of halogens is 3. The van der Waals surface area contributed by atoms with Gasteiger partial charge >= 0.3 is 6.18 Å². The minimum atomic E-state index is -4.47. The van der Waals surface area contributed by atoms with Crippen LogP contribution in [0.2, 0.25) is 0 Å². The smallest absolute Gasteiger partial charge is 0.404 e. The summed E-state index contributed by atoms with van der Waals surface area (Å²) in [6, 6.07) is 10.8.